The molecule has 0 aliphatic carbocycles. The molecule has 0 aromatic rings. The minimum atomic E-state index is -1.71. The number of hydrogen-bond donors (Lipinski definition) is 3. The molecule has 4 nitrogen and oxygen atoms in total. The molecule has 1 heterocycles. The Kier molecular flexibility index (Phi) is 8.84. The summed E-state index contributed by atoms with van der Waals surface area (Å²) in [5, 5.41) is 29.5. The van der Waals surface area contributed by atoms with Crippen LogP contribution in [0.1, 0.15) is 39.5 Å². The van der Waals surface area contributed by atoms with Crippen molar-refractivity contribution in [2.24, 2.45) is 5.92 Å². The molecule has 0 aromatic heterocycles. The second-order valence-corrected chi connectivity index (χ2v) is 6.58. The molecular formula is C12H26ClNO3S. The van der Waals surface area contributed by atoms with E-state index in [9.17, 15) is 15.4 Å². The van der Waals surface area contributed by atoms with Crippen molar-refractivity contribution in [1.82, 2.24) is 5.06 Å². The molecule has 18 heavy (non-hydrogen) atoms. The van der Waals surface area contributed by atoms with Crippen molar-refractivity contribution in [3.63, 3.8) is 0 Å². The Morgan fingerprint density at radius 2 is 2.00 bits per heavy atom. The van der Waals surface area contributed by atoms with Crippen molar-refractivity contribution in [3.8, 4) is 0 Å². The van der Waals surface area contributed by atoms with Crippen LogP contribution < -0.4 is 0 Å². The zero-order valence-corrected chi connectivity index (χ0v) is 12.8. The first-order valence-corrected chi connectivity index (χ1v) is 7.54. The highest BCUT2D eigenvalue weighted by molar-refractivity contribution is 7.99. The van der Waals surface area contributed by atoms with Gasteiger partial charge in [0, 0.05) is 12.5 Å². The van der Waals surface area contributed by atoms with Crippen LogP contribution in [0.5, 0.6) is 0 Å². The Bertz CT molecular complexity index is 229. The lowest BCUT2D eigenvalue weighted by atomic mass is 9.98. The van der Waals surface area contributed by atoms with E-state index in [4.69, 9.17) is 0 Å². The molecular weight excluding hydrogens is 274 g/mol. The Hall–Kier alpha value is 0.480. The summed E-state index contributed by atoms with van der Waals surface area (Å²) in [6, 6.07) is 0.0778. The van der Waals surface area contributed by atoms with E-state index >= 15 is 0 Å². The van der Waals surface area contributed by atoms with E-state index in [0.29, 0.717) is 12.8 Å². The first-order valence-electron chi connectivity index (χ1n) is 6.39. The largest absolute Gasteiger partial charge is 0.364 e. The molecule has 1 aliphatic heterocycles. The fraction of sp³-hybridized carbons (Fsp3) is 1.00. The monoisotopic (exact) mass is 299 g/mol. The molecule has 0 saturated carbocycles. The van der Waals surface area contributed by atoms with Gasteiger partial charge in [0.2, 0.25) is 0 Å². The second kappa shape index (κ2) is 8.61. The van der Waals surface area contributed by atoms with Crippen LogP contribution in [0.15, 0.2) is 0 Å². The number of rotatable bonds is 6. The zero-order valence-electron chi connectivity index (χ0n) is 11.2. The van der Waals surface area contributed by atoms with Crippen LogP contribution in [0.25, 0.3) is 0 Å². The van der Waals surface area contributed by atoms with E-state index in [-0.39, 0.29) is 25.0 Å². The van der Waals surface area contributed by atoms with Crippen molar-refractivity contribution in [2.75, 3.05) is 18.1 Å². The predicted molar refractivity (Wildman–Crippen MR) is 77.3 cm³/mol. The smallest absolute Gasteiger partial charge is 0.178 e. The van der Waals surface area contributed by atoms with Gasteiger partial charge in [-0.3, -0.25) is 0 Å². The summed E-state index contributed by atoms with van der Waals surface area (Å²) in [4.78, 5) is 0. The number of nitrogens with zero attached hydrogens (tertiary/aromatic N) is 1. The maximum atomic E-state index is 9.65. The molecule has 6 heteroatoms. The van der Waals surface area contributed by atoms with Crippen LogP contribution in [0.3, 0.4) is 0 Å². The first kappa shape index (κ1) is 18.5. The van der Waals surface area contributed by atoms with E-state index < -0.39 is 5.79 Å². The van der Waals surface area contributed by atoms with Gasteiger partial charge in [-0.15, -0.1) is 12.4 Å². The average Bonchev–Trinajstić information content (AvgIpc) is 2.19. The predicted octanol–water partition coefficient (Wildman–Crippen LogP) is 2.11. The summed E-state index contributed by atoms with van der Waals surface area (Å²) in [6.07, 6.45) is 3.14. The molecule has 1 atom stereocenters. The number of piperidine rings is 1. The zero-order chi connectivity index (χ0) is 12.9. The Morgan fingerprint density at radius 1 is 1.33 bits per heavy atom. The highest BCUT2D eigenvalue weighted by atomic mass is 35.5. The third kappa shape index (κ3) is 7.16. The Balaban J connectivity index is 0.00000289. The van der Waals surface area contributed by atoms with Crippen LogP contribution in [-0.2, 0) is 0 Å². The highest BCUT2D eigenvalue weighted by Crippen LogP contribution is 2.25. The van der Waals surface area contributed by atoms with E-state index in [1.54, 1.807) is 0 Å². The molecule has 0 radical (unpaired) electrons. The van der Waals surface area contributed by atoms with Gasteiger partial charge in [-0.2, -0.15) is 16.8 Å². The van der Waals surface area contributed by atoms with E-state index in [0.717, 1.165) is 23.2 Å². The van der Waals surface area contributed by atoms with Crippen LogP contribution in [0.2, 0.25) is 0 Å². The number of β-amino-alcohol motifs (C(OH)–C–C–N with tert-alkyl or cyclic N) is 2. The van der Waals surface area contributed by atoms with Gasteiger partial charge < -0.3 is 15.4 Å². The van der Waals surface area contributed by atoms with Gasteiger partial charge in [-0.25, -0.2) is 0 Å². The van der Waals surface area contributed by atoms with Crippen LogP contribution in [0, 0.1) is 5.92 Å². The van der Waals surface area contributed by atoms with E-state index in [1.807, 2.05) is 11.8 Å². The summed E-state index contributed by atoms with van der Waals surface area (Å²) < 4.78 is 0. The molecule has 3 N–H and O–H groups in total. The van der Waals surface area contributed by atoms with E-state index in [1.165, 1.54) is 12.2 Å². The third-order valence-electron chi connectivity index (χ3n) is 3.15. The van der Waals surface area contributed by atoms with Crippen molar-refractivity contribution in [3.05, 3.63) is 0 Å². The molecule has 1 fully saturated rings. The highest BCUT2D eigenvalue weighted by Gasteiger charge is 2.35. The Morgan fingerprint density at radius 3 is 2.56 bits per heavy atom. The standard InChI is InChI=1S/C12H25NO3S.ClH/c1-10(2)4-7-17-8-5-11-3-6-12(14,15)9-13(11)16;/h10-11,14-16H,3-9H2,1-2H3;1H. The molecule has 1 unspecified atom stereocenters. The average molecular weight is 300 g/mol. The number of halogens is 1. The molecule has 0 spiro atoms. The molecule has 1 aliphatic rings. The maximum absolute atomic E-state index is 9.65. The summed E-state index contributed by atoms with van der Waals surface area (Å²) in [5.74, 6) is 1.23. The summed E-state index contributed by atoms with van der Waals surface area (Å²) in [6.45, 7) is 4.38. The summed E-state index contributed by atoms with van der Waals surface area (Å²) in [5.41, 5.74) is 0. The normalized spacial score (nSPS) is 24.0. The van der Waals surface area contributed by atoms with Gasteiger partial charge in [0.05, 0.1) is 6.54 Å². The lowest BCUT2D eigenvalue weighted by Crippen LogP contribution is -2.51. The third-order valence-corrected chi connectivity index (χ3v) is 4.20. The topological polar surface area (TPSA) is 63.9 Å². The molecule has 1 rings (SSSR count). The van der Waals surface area contributed by atoms with Gasteiger partial charge in [-0.1, -0.05) is 13.8 Å². The minimum absolute atomic E-state index is 0. The number of hydroxylamine groups is 2. The van der Waals surface area contributed by atoms with Gasteiger partial charge in [0.25, 0.3) is 0 Å². The lowest BCUT2D eigenvalue weighted by molar-refractivity contribution is -0.265. The van der Waals surface area contributed by atoms with Crippen LogP contribution in [-0.4, -0.2) is 50.4 Å². The number of aliphatic hydroxyl groups is 2. The lowest BCUT2D eigenvalue weighted by Gasteiger charge is -2.37. The molecule has 0 bridgehead atoms. The van der Waals surface area contributed by atoms with Gasteiger partial charge in [-0.05, 0) is 36.7 Å². The number of hydrogen-bond acceptors (Lipinski definition) is 5. The summed E-state index contributed by atoms with van der Waals surface area (Å²) in [7, 11) is 0. The van der Waals surface area contributed by atoms with Crippen molar-refractivity contribution < 1.29 is 15.4 Å². The fourth-order valence-electron chi connectivity index (χ4n) is 1.95. The van der Waals surface area contributed by atoms with Gasteiger partial charge in [0.1, 0.15) is 0 Å². The Labute approximate surface area is 120 Å². The van der Waals surface area contributed by atoms with Crippen molar-refractivity contribution in [2.45, 2.75) is 51.4 Å². The molecule has 0 amide bonds. The first-order chi connectivity index (χ1) is 7.91. The van der Waals surface area contributed by atoms with E-state index in [2.05, 4.69) is 13.8 Å². The molecule has 110 valence electrons. The van der Waals surface area contributed by atoms with Crippen molar-refractivity contribution in [1.29, 1.82) is 0 Å². The quantitative estimate of drug-likeness (QED) is 0.518. The van der Waals surface area contributed by atoms with Gasteiger partial charge >= 0.3 is 0 Å². The molecule has 1 saturated heterocycles. The summed E-state index contributed by atoms with van der Waals surface area (Å²) >= 11 is 1.91. The number of thioether (sulfide) groups is 1. The second-order valence-electron chi connectivity index (χ2n) is 5.36. The fourth-order valence-corrected chi connectivity index (χ4v) is 3.23. The van der Waals surface area contributed by atoms with Crippen LogP contribution in [0.4, 0.5) is 0 Å². The van der Waals surface area contributed by atoms with Crippen molar-refractivity contribution >= 4 is 24.2 Å². The minimum Gasteiger partial charge on any atom is -0.364 e. The molecule has 0 aromatic carbocycles. The maximum Gasteiger partial charge on any atom is 0.178 e. The van der Waals surface area contributed by atoms with Gasteiger partial charge in [0.15, 0.2) is 5.79 Å². The van der Waals surface area contributed by atoms with Crippen LogP contribution >= 0.6 is 24.2 Å². The SMILES string of the molecule is CC(C)CCSCCC1CCC(O)(O)CN1O.Cl.